The van der Waals surface area contributed by atoms with Crippen LogP contribution < -0.4 is 21.3 Å². The first-order valence-electron chi connectivity index (χ1n) is 19.5. The van der Waals surface area contributed by atoms with Gasteiger partial charge in [0, 0.05) is 54.0 Å². The molecule has 0 bridgehead atoms. The molecule has 0 aromatic carbocycles. The molecule has 4 heterocycles. The Balaban J connectivity index is 0.000000320. The summed E-state index contributed by atoms with van der Waals surface area (Å²) in [5.41, 5.74) is 5.21. The van der Waals surface area contributed by atoms with Crippen LogP contribution in [0.15, 0.2) is 26.4 Å². The quantitative estimate of drug-likeness (QED) is 0.207. The van der Waals surface area contributed by atoms with Gasteiger partial charge in [-0.15, -0.1) is 5.70 Å². The van der Waals surface area contributed by atoms with Crippen LogP contribution in [-0.4, -0.2) is 83.6 Å². The van der Waals surface area contributed by atoms with E-state index in [1.165, 1.54) is 42.8 Å². The molecule has 4 rings (SSSR count). The van der Waals surface area contributed by atoms with Crippen molar-refractivity contribution < 1.29 is 0 Å². The van der Waals surface area contributed by atoms with Crippen molar-refractivity contribution in [2.75, 3.05) is 19.6 Å². The van der Waals surface area contributed by atoms with E-state index in [0.29, 0.717) is 24.2 Å². The standard InChI is InChI=1S/2C10H22N2.C10H18N2.C10H17N2/c4*1-5-8-9(6-2)12-10(3,4)7-11-8/h2*8-9,11-12H,5-7H2,1-4H3;5-7H2,1-4H3;7H,5-6H2,1-4H3/q;;;-1. The van der Waals surface area contributed by atoms with Crippen molar-refractivity contribution >= 4 is 17.6 Å². The second kappa shape index (κ2) is 20.3. The minimum atomic E-state index is -0.0932. The van der Waals surface area contributed by atoms with E-state index in [-0.39, 0.29) is 22.2 Å². The summed E-state index contributed by atoms with van der Waals surface area (Å²) in [5, 5.41) is 19.2. The zero-order chi connectivity index (χ0) is 36.8. The van der Waals surface area contributed by atoms with Crippen LogP contribution in [0.25, 0.3) is 5.32 Å². The maximum Gasteiger partial charge on any atom is 0.0750 e. The van der Waals surface area contributed by atoms with Gasteiger partial charge in [0.2, 0.25) is 0 Å². The summed E-state index contributed by atoms with van der Waals surface area (Å²) in [7, 11) is 0. The van der Waals surface area contributed by atoms with E-state index in [0.717, 1.165) is 51.0 Å². The van der Waals surface area contributed by atoms with Crippen molar-refractivity contribution in [2.45, 2.75) is 208 Å². The molecule has 4 N–H and O–H groups in total. The molecule has 4 atom stereocenters. The highest BCUT2D eigenvalue weighted by Crippen LogP contribution is 2.31. The monoisotopic (exact) mass is 672 g/mol. The Kier molecular flexibility index (Phi) is 18.8. The highest BCUT2D eigenvalue weighted by atomic mass is 15.2. The van der Waals surface area contributed by atoms with Gasteiger partial charge in [0.1, 0.15) is 0 Å². The fourth-order valence-electron chi connectivity index (χ4n) is 6.77. The highest BCUT2D eigenvalue weighted by Gasteiger charge is 2.32. The molecule has 0 amide bonds. The van der Waals surface area contributed by atoms with Crippen LogP contribution >= 0.6 is 0 Å². The first-order chi connectivity index (χ1) is 22.4. The Morgan fingerprint density at radius 3 is 1.46 bits per heavy atom. The van der Waals surface area contributed by atoms with Crippen molar-refractivity contribution in [1.29, 1.82) is 0 Å². The normalized spacial score (nSPS) is 28.2. The molecule has 0 aliphatic carbocycles. The van der Waals surface area contributed by atoms with Crippen molar-refractivity contribution in [3.05, 3.63) is 16.7 Å². The fraction of sp³-hybridized carbons (Fsp3) is 0.875. The lowest BCUT2D eigenvalue weighted by Crippen LogP contribution is -2.65. The van der Waals surface area contributed by atoms with Crippen LogP contribution in [0.3, 0.4) is 0 Å². The highest BCUT2D eigenvalue weighted by molar-refractivity contribution is 6.42. The molecule has 0 radical (unpaired) electrons. The number of hydrogen-bond acceptors (Lipinski definition) is 7. The number of piperazine rings is 2. The lowest BCUT2D eigenvalue weighted by molar-refractivity contribution is 0.200. The summed E-state index contributed by atoms with van der Waals surface area (Å²) in [6.45, 7) is 38.0. The third-order valence-electron chi connectivity index (χ3n) is 9.56. The second-order valence-electron chi connectivity index (χ2n) is 16.3. The van der Waals surface area contributed by atoms with Gasteiger partial charge in [0.25, 0.3) is 0 Å². The maximum absolute atomic E-state index is 4.67. The summed E-state index contributed by atoms with van der Waals surface area (Å²) < 4.78 is 0. The third-order valence-corrected chi connectivity index (χ3v) is 9.56. The third kappa shape index (κ3) is 15.1. The number of rotatable bonds is 8. The predicted molar refractivity (Wildman–Crippen MR) is 215 cm³/mol. The molecule has 280 valence electrons. The average Bonchev–Trinajstić information content (AvgIpc) is 3.04. The molecule has 0 aromatic heterocycles. The number of nitrogens with zero attached hydrogens (tertiary/aromatic N) is 4. The van der Waals surface area contributed by atoms with Crippen molar-refractivity contribution in [3.8, 4) is 0 Å². The van der Waals surface area contributed by atoms with E-state index in [4.69, 9.17) is 0 Å². The van der Waals surface area contributed by atoms with E-state index in [9.17, 15) is 0 Å². The Labute approximate surface area is 298 Å². The average molecular weight is 672 g/mol. The summed E-state index contributed by atoms with van der Waals surface area (Å²) in [6, 6.07) is 2.64. The molecule has 0 saturated carbocycles. The molecule has 4 aliphatic rings. The van der Waals surface area contributed by atoms with Gasteiger partial charge in [0.15, 0.2) is 0 Å². The van der Waals surface area contributed by atoms with Gasteiger partial charge in [0.05, 0.1) is 23.5 Å². The molecule has 2 saturated heterocycles. The van der Waals surface area contributed by atoms with Crippen LogP contribution in [-0.2, 0) is 0 Å². The van der Waals surface area contributed by atoms with Crippen LogP contribution in [0.4, 0.5) is 0 Å². The molecule has 2 fully saturated rings. The Bertz CT molecular complexity index is 1030. The van der Waals surface area contributed by atoms with E-state index in [1.807, 2.05) is 6.21 Å². The Morgan fingerprint density at radius 1 is 0.625 bits per heavy atom. The molecule has 0 aromatic rings. The number of aliphatic imine (C=N–C) groups is 3. The van der Waals surface area contributed by atoms with Gasteiger partial charge >= 0.3 is 0 Å². The molecular weight excluding hydrogens is 592 g/mol. The molecule has 8 heteroatoms. The second-order valence-corrected chi connectivity index (χ2v) is 16.3. The van der Waals surface area contributed by atoms with Crippen LogP contribution in [0, 0.1) is 0 Å². The maximum atomic E-state index is 4.67. The number of allylic oxidation sites excluding steroid dienone is 2. The van der Waals surface area contributed by atoms with Gasteiger partial charge in [-0.05, 0) is 99.1 Å². The zero-order valence-corrected chi connectivity index (χ0v) is 34.5. The Morgan fingerprint density at radius 2 is 1.08 bits per heavy atom. The predicted octanol–water partition coefficient (Wildman–Crippen LogP) is 8.77. The minimum absolute atomic E-state index is 0.0318. The van der Waals surface area contributed by atoms with E-state index in [1.54, 1.807) is 0 Å². The van der Waals surface area contributed by atoms with Crippen LogP contribution in [0.1, 0.15) is 162 Å². The SMILES string of the molecule is CCC1=C(CC)[N-]C(C)(C)C=N1.CCC1=NCC(C)(C)N=C1CC.CCC1NCC(C)(C)NC1CC.CCC1NCC(C)(C)NC1CC. The van der Waals surface area contributed by atoms with Crippen molar-refractivity contribution in [1.82, 2.24) is 21.3 Å². The molecule has 4 unspecified atom stereocenters. The summed E-state index contributed by atoms with van der Waals surface area (Å²) in [6.07, 6.45) is 10.8. The van der Waals surface area contributed by atoms with E-state index < -0.39 is 0 Å². The van der Waals surface area contributed by atoms with Gasteiger partial charge in [-0.25, -0.2) is 0 Å². The smallest absolute Gasteiger partial charge is 0.0750 e. The zero-order valence-electron chi connectivity index (χ0n) is 34.5. The molecule has 8 nitrogen and oxygen atoms in total. The summed E-state index contributed by atoms with van der Waals surface area (Å²) in [4.78, 5) is 13.6. The lowest BCUT2D eigenvalue weighted by atomic mass is 9.92. The number of hydrogen-bond donors (Lipinski definition) is 4. The van der Waals surface area contributed by atoms with Gasteiger partial charge in [-0.3, -0.25) is 15.0 Å². The van der Waals surface area contributed by atoms with Crippen molar-refractivity contribution in [2.24, 2.45) is 15.0 Å². The Hall–Kier alpha value is -1.61. The first-order valence-corrected chi connectivity index (χ1v) is 19.5. The van der Waals surface area contributed by atoms with Gasteiger partial charge in [-0.2, -0.15) is 0 Å². The van der Waals surface area contributed by atoms with Gasteiger partial charge in [-0.1, -0.05) is 74.8 Å². The van der Waals surface area contributed by atoms with E-state index >= 15 is 0 Å². The summed E-state index contributed by atoms with van der Waals surface area (Å²) in [5.74, 6) is 0. The van der Waals surface area contributed by atoms with Gasteiger partial charge < -0.3 is 26.6 Å². The molecule has 48 heavy (non-hydrogen) atoms. The van der Waals surface area contributed by atoms with Crippen molar-refractivity contribution in [3.63, 3.8) is 0 Å². The molecular formula is C40H79N8-. The fourth-order valence-corrected chi connectivity index (χ4v) is 6.77. The van der Waals surface area contributed by atoms with Crippen LogP contribution in [0.5, 0.6) is 0 Å². The molecule has 4 aliphatic heterocycles. The largest absolute Gasteiger partial charge is 0.677 e. The summed E-state index contributed by atoms with van der Waals surface area (Å²) >= 11 is 0. The molecule has 0 spiro atoms. The minimum Gasteiger partial charge on any atom is -0.677 e. The van der Waals surface area contributed by atoms with E-state index in [2.05, 4.69) is 152 Å². The topological polar surface area (TPSA) is 99.3 Å². The first kappa shape index (κ1) is 44.4. The lowest BCUT2D eigenvalue weighted by Gasteiger charge is -2.43. The number of nitrogens with one attached hydrogen (secondary N) is 4. The van der Waals surface area contributed by atoms with Crippen LogP contribution in [0.2, 0.25) is 0 Å².